The highest BCUT2D eigenvalue weighted by atomic mass is 35.5. The van der Waals surface area contributed by atoms with Gasteiger partial charge in [-0.25, -0.2) is 4.98 Å². The number of nitrogens with zero attached hydrogens (tertiary/aromatic N) is 1. The van der Waals surface area contributed by atoms with E-state index in [2.05, 4.69) is 22.4 Å². The Balaban J connectivity index is 1.70. The molecule has 1 aliphatic heterocycles. The number of rotatable bonds is 4. The fourth-order valence-corrected chi connectivity index (χ4v) is 4.16. The lowest BCUT2D eigenvalue weighted by Crippen LogP contribution is -2.52. The van der Waals surface area contributed by atoms with Gasteiger partial charge in [-0.2, -0.15) is 0 Å². The third-order valence-electron chi connectivity index (χ3n) is 5.39. The van der Waals surface area contributed by atoms with Gasteiger partial charge < -0.3 is 15.2 Å². The molecule has 3 aromatic rings. The number of aliphatic hydroxyl groups is 1. The van der Waals surface area contributed by atoms with E-state index in [1.54, 1.807) is 0 Å². The molecule has 2 unspecified atom stereocenters. The minimum Gasteiger partial charge on any atom is -0.482 e. The SMILES string of the molecule is Cc1cc(Cl)c2ccc3c(c2n1)OC(C)(C)C(O)C3NCCc1ccccc1. The van der Waals surface area contributed by atoms with Crippen LogP contribution in [0.2, 0.25) is 5.02 Å². The van der Waals surface area contributed by atoms with Crippen molar-refractivity contribution >= 4 is 22.5 Å². The van der Waals surface area contributed by atoms with Gasteiger partial charge in [0.25, 0.3) is 0 Å². The van der Waals surface area contributed by atoms with Crippen molar-refractivity contribution in [1.82, 2.24) is 10.3 Å². The van der Waals surface area contributed by atoms with Crippen LogP contribution in [-0.4, -0.2) is 28.3 Å². The molecule has 0 bridgehead atoms. The Hall–Kier alpha value is -2.14. The second-order valence-corrected chi connectivity index (χ2v) is 8.35. The molecule has 0 spiro atoms. The van der Waals surface area contributed by atoms with Crippen molar-refractivity contribution in [3.8, 4) is 5.75 Å². The monoisotopic (exact) mass is 396 g/mol. The molecule has 0 saturated carbocycles. The molecule has 4 rings (SSSR count). The number of aryl methyl sites for hydroxylation is 1. The molecule has 2 atom stereocenters. The zero-order chi connectivity index (χ0) is 19.9. The fraction of sp³-hybridized carbons (Fsp3) is 0.348. The summed E-state index contributed by atoms with van der Waals surface area (Å²) >= 11 is 6.43. The van der Waals surface area contributed by atoms with Gasteiger partial charge in [-0.15, -0.1) is 0 Å². The molecule has 2 aromatic carbocycles. The molecule has 1 aliphatic rings. The summed E-state index contributed by atoms with van der Waals surface area (Å²) in [6, 6.07) is 15.9. The van der Waals surface area contributed by atoms with E-state index in [0.717, 1.165) is 35.1 Å². The molecule has 0 amide bonds. The Bertz CT molecular complexity index is 1000. The zero-order valence-corrected chi connectivity index (χ0v) is 17.1. The zero-order valence-electron chi connectivity index (χ0n) is 16.4. The Morgan fingerprint density at radius 3 is 2.68 bits per heavy atom. The summed E-state index contributed by atoms with van der Waals surface area (Å²) in [6.07, 6.45) is 0.200. The van der Waals surface area contributed by atoms with Gasteiger partial charge in [0.05, 0.1) is 11.1 Å². The lowest BCUT2D eigenvalue weighted by Gasteiger charge is -2.42. The molecule has 0 saturated heterocycles. The number of aromatic nitrogens is 1. The predicted molar refractivity (Wildman–Crippen MR) is 113 cm³/mol. The molecule has 2 heterocycles. The smallest absolute Gasteiger partial charge is 0.151 e. The van der Waals surface area contributed by atoms with Crippen LogP contribution in [0.4, 0.5) is 0 Å². The number of hydrogen-bond acceptors (Lipinski definition) is 4. The second kappa shape index (κ2) is 7.36. The maximum absolute atomic E-state index is 11.0. The molecule has 4 nitrogen and oxygen atoms in total. The molecular weight excluding hydrogens is 372 g/mol. The van der Waals surface area contributed by atoms with E-state index in [-0.39, 0.29) is 6.04 Å². The van der Waals surface area contributed by atoms with Gasteiger partial charge >= 0.3 is 0 Å². The lowest BCUT2D eigenvalue weighted by atomic mass is 9.85. The Kier molecular flexibility index (Phi) is 5.04. The largest absolute Gasteiger partial charge is 0.482 e. The van der Waals surface area contributed by atoms with E-state index in [4.69, 9.17) is 16.3 Å². The molecule has 0 aliphatic carbocycles. The fourth-order valence-electron chi connectivity index (χ4n) is 3.85. The van der Waals surface area contributed by atoms with E-state index in [1.165, 1.54) is 5.56 Å². The minimum atomic E-state index is -0.746. The number of hydrogen-bond donors (Lipinski definition) is 2. The molecule has 0 fully saturated rings. The quantitative estimate of drug-likeness (QED) is 0.676. The van der Waals surface area contributed by atoms with Crippen molar-refractivity contribution < 1.29 is 9.84 Å². The Labute approximate surface area is 170 Å². The molecule has 1 aromatic heterocycles. The van der Waals surface area contributed by atoms with Crippen molar-refractivity contribution in [2.75, 3.05) is 6.54 Å². The molecule has 0 radical (unpaired) electrons. The van der Waals surface area contributed by atoms with E-state index in [9.17, 15) is 5.11 Å². The second-order valence-electron chi connectivity index (χ2n) is 7.94. The van der Waals surface area contributed by atoms with Gasteiger partial charge in [-0.3, -0.25) is 0 Å². The van der Waals surface area contributed by atoms with Gasteiger partial charge in [0.15, 0.2) is 5.75 Å². The third-order valence-corrected chi connectivity index (χ3v) is 5.70. The van der Waals surface area contributed by atoms with Crippen LogP contribution in [-0.2, 0) is 6.42 Å². The van der Waals surface area contributed by atoms with Crippen LogP contribution < -0.4 is 10.1 Å². The van der Waals surface area contributed by atoms with Crippen molar-refractivity contribution in [2.45, 2.75) is 44.9 Å². The number of fused-ring (bicyclic) bond motifs is 3. The van der Waals surface area contributed by atoms with Gasteiger partial charge in [-0.05, 0) is 45.4 Å². The number of benzene rings is 2. The third kappa shape index (κ3) is 3.48. The normalized spacial score (nSPS) is 20.6. The highest BCUT2D eigenvalue weighted by Crippen LogP contribution is 2.44. The first kappa shape index (κ1) is 19.2. The summed E-state index contributed by atoms with van der Waals surface area (Å²) in [6.45, 7) is 6.48. The predicted octanol–water partition coefficient (Wildman–Crippen LogP) is 4.60. The first-order valence-corrected chi connectivity index (χ1v) is 9.99. The number of pyridine rings is 1. The lowest BCUT2D eigenvalue weighted by molar-refractivity contribution is -0.0634. The van der Waals surface area contributed by atoms with E-state index >= 15 is 0 Å². The molecule has 146 valence electrons. The summed E-state index contributed by atoms with van der Waals surface area (Å²) in [7, 11) is 0. The average molecular weight is 397 g/mol. The van der Waals surface area contributed by atoms with Crippen molar-refractivity contribution in [3.05, 3.63) is 70.4 Å². The van der Waals surface area contributed by atoms with Crippen LogP contribution in [0.1, 0.15) is 36.7 Å². The van der Waals surface area contributed by atoms with Crippen LogP contribution >= 0.6 is 11.6 Å². The Morgan fingerprint density at radius 2 is 1.93 bits per heavy atom. The number of ether oxygens (including phenoxy) is 1. The van der Waals surface area contributed by atoms with Crippen molar-refractivity contribution in [3.63, 3.8) is 0 Å². The Morgan fingerprint density at radius 1 is 1.18 bits per heavy atom. The average Bonchev–Trinajstić information content (AvgIpc) is 2.65. The van der Waals surface area contributed by atoms with Gasteiger partial charge in [0, 0.05) is 16.6 Å². The summed E-state index contributed by atoms with van der Waals surface area (Å²) < 4.78 is 6.24. The van der Waals surface area contributed by atoms with Gasteiger partial charge in [0.2, 0.25) is 0 Å². The van der Waals surface area contributed by atoms with Crippen molar-refractivity contribution in [1.29, 1.82) is 0 Å². The van der Waals surface area contributed by atoms with Crippen LogP contribution in [0.3, 0.4) is 0 Å². The summed E-state index contributed by atoms with van der Waals surface area (Å²) in [5.74, 6) is 0.704. The van der Waals surface area contributed by atoms with Crippen LogP contribution in [0.15, 0.2) is 48.5 Å². The highest BCUT2D eigenvalue weighted by molar-refractivity contribution is 6.35. The summed E-state index contributed by atoms with van der Waals surface area (Å²) in [4.78, 5) is 4.68. The van der Waals surface area contributed by atoms with Gasteiger partial charge in [0.1, 0.15) is 17.2 Å². The standard InChI is InChI=1S/C23H25ClN2O2/c1-14-13-18(24)16-9-10-17-20(25-12-11-15-7-5-4-6-8-15)22(27)23(2,3)28-21(17)19(16)26-14/h4-10,13,20,22,25,27H,11-12H2,1-3H3. The summed E-state index contributed by atoms with van der Waals surface area (Å²) in [5, 5.41) is 16.0. The number of halogens is 1. The number of nitrogens with one attached hydrogen (secondary N) is 1. The van der Waals surface area contributed by atoms with E-state index in [1.807, 2.05) is 57.2 Å². The van der Waals surface area contributed by atoms with Gasteiger partial charge in [-0.1, -0.05) is 54.1 Å². The van der Waals surface area contributed by atoms with Crippen LogP contribution in [0, 0.1) is 6.92 Å². The molecule has 2 N–H and O–H groups in total. The first-order chi connectivity index (χ1) is 13.4. The number of aliphatic hydroxyl groups excluding tert-OH is 1. The van der Waals surface area contributed by atoms with E-state index in [0.29, 0.717) is 10.8 Å². The first-order valence-electron chi connectivity index (χ1n) is 9.61. The molecular formula is C23H25ClN2O2. The molecule has 5 heteroatoms. The topological polar surface area (TPSA) is 54.4 Å². The maximum atomic E-state index is 11.0. The van der Waals surface area contributed by atoms with Crippen LogP contribution in [0.5, 0.6) is 5.75 Å². The van der Waals surface area contributed by atoms with E-state index < -0.39 is 11.7 Å². The highest BCUT2D eigenvalue weighted by Gasteiger charge is 2.43. The maximum Gasteiger partial charge on any atom is 0.151 e. The molecule has 28 heavy (non-hydrogen) atoms. The van der Waals surface area contributed by atoms with Crippen molar-refractivity contribution in [2.24, 2.45) is 0 Å². The van der Waals surface area contributed by atoms with Crippen LogP contribution in [0.25, 0.3) is 10.9 Å². The minimum absolute atomic E-state index is 0.243. The summed E-state index contributed by atoms with van der Waals surface area (Å²) in [5.41, 5.74) is 3.02.